The van der Waals surface area contributed by atoms with Gasteiger partial charge in [-0.25, -0.2) is 8.42 Å². The molecular weight excluding hydrogens is 426 g/mol. The highest BCUT2D eigenvalue weighted by Gasteiger charge is 2.21. The van der Waals surface area contributed by atoms with Gasteiger partial charge in [0.1, 0.15) is 12.3 Å². The Bertz CT molecular complexity index is 1240. The third-order valence-corrected chi connectivity index (χ3v) is 7.37. The van der Waals surface area contributed by atoms with E-state index in [4.69, 9.17) is 4.74 Å². The number of hydrogen-bond donors (Lipinski definition) is 1. The summed E-state index contributed by atoms with van der Waals surface area (Å²) in [6.45, 7) is 1.40. The van der Waals surface area contributed by atoms with Crippen LogP contribution in [0.3, 0.4) is 0 Å². The highest BCUT2D eigenvalue weighted by atomic mass is 32.2. The highest BCUT2D eigenvalue weighted by molar-refractivity contribution is 7.92. The largest absolute Gasteiger partial charge is 0.497 e. The third-order valence-electron chi connectivity index (χ3n) is 5.04. The van der Waals surface area contributed by atoms with E-state index in [9.17, 15) is 18.0 Å². The van der Waals surface area contributed by atoms with Gasteiger partial charge in [-0.2, -0.15) is 0 Å². The summed E-state index contributed by atoms with van der Waals surface area (Å²) < 4.78 is 35.0. The van der Waals surface area contributed by atoms with Crippen LogP contribution in [-0.2, 0) is 21.4 Å². The van der Waals surface area contributed by atoms with Crippen molar-refractivity contribution in [3.8, 4) is 5.75 Å². The quantitative estimate of drug-likeness (QED) is 0.626. The summed E-state index contributed by atoms with van der Waals surface area (Å²) in [5, 5.41) is 0. The van der Waals surface area contributed by atoms with Crippen molar-refractivity contribution in [2.75, 3.05) is 24.9 Å². The van der Waals surface area contributed by atoms with E-state index in [1.54, 1.807) is 35.2 Å². The van der Waals surface area contributed by atoms with E-state index < -0.39 is 10.0 Å². The number of fused-ring (bicyclic) bond motifs is 1. The molecule has 1 fully saturated rings. The molecule has 1 saturated heterocycles. The number of carbonyl (C=O) groups excluding carboxylic acids is 1. The molecule has 1 aromatic heterocycles. The first-order valence-corrected chi connectivity index (χ1v) is 11.8. The van der Waals surface area contributed by atoms with Crippen LogP contribution in [-0.4, -0.2) is 44.0 Å². The molecule has 0 radical (unpaired) electrons. The fourth-order valence-corrected chi connectivity index (χ4v) is 5.53. The second kappa shape index (κ2) is 8.11. The SMILES string of the molecule is COc1ccc(NS(=O)(=O)c2ccc3c(c2)sc(=O)n3CC(=O)N2CCCC2)cc1. The fourth-order valence-electron chi connectivity index (χ4n) is 3.44. The lowest BCUT2D eigenvalue weighted by atomic mass is 10.3. The molecule has 0 bridgehead atoms. The Kier molecular flexibility index (Phi) is 5.52. The topological polar surface area (TPSA) is 97.7 Å². The van der Waals surface area contributed by atoms with Crippen LogP contribution in [0.4, 0.5) is 5.69 Å². The zero-order valence-electron chi connectivity index (χ0n) is 16.3. The number of likely N-dealkylation sites (tertiary alicyclic amines) is 1. The normalized spacial score (nSPS) is 14.2. The molecule has 0 unspecified atom stereocenters. The minimum Gasteiger partial charge on any atom is -0.497 e. The molecule has 1 aliphatic heterocycles. The van der Waals surface area contributed by atoms with Gasteiger partial charge in [0.2, 0.25) is 5.91 Å². The number of methoxy groups -OCH3 is 1. The molecule has 10 heteroatoms. The smallest absolute Gasteiger partial charge is 0.308 e. The van der Waals surface area contributed by atoms with Crippen LogP contribution in [0.5, 0.6) is 5.75 Å². The van der Waals surface area contributed by atoms with Crippen LogP contribution in [0, 0.1) is 0 Å². The number of benzene rings is 2. The van der Waals surface area contributed by atoms with Crippen LogP contribution >= 0.6 is 11.3 Å². The van der Waals surface area contributed by atoms with Gasteiger partial charge in [-0.1, -0.05) is 11.3 Å². The van der Waals surface area contributed by atoms with Crippen molar-refractivity contribution in [2.24, 2.45) is 0 Å². The molecule has 1 N–H and O–H groups in total. The lowest BCUT2D eigenvalue weighted by molar-refractivity contribution is -0.130. The second-order valence-corrected chi connectivity index (χ2v) is 9.68. The number of ether oxygens (including phenoxy) is 1. The number of aromatic nitrogens is 1. The van der Waals surface area contributed by atoms with E-state index in [0.717, 1.165) is 37.3 Å². The molecule has 30 heavy (non-hydrogen) atoms. The summed E-state index contributed by atoms with van der Waals surface area (Å²) >= 11 is 0.933. The molecule has 2 heterocycles. The van der Waals surface area contributed by atoms with Crippen molar-refractivity contribution in [3.05, 3.63) is 52.1 Å². The number of carbonyl (C=O) groups is 1. The lowest BCUT2D eigenvalue weighted by Crippen LogP contribution is -2.33. The molecule has 158 valence electrons. The minimum atomic E-state index is -3.83. The maximum absolute atomic E-state index is 12.8. The van der Waals surface area contributed by atoms with E-state index in [1.807, 2.05) is 0 Å². The molecule has 2 aromatic carbocycles. The third kappa shape index (κ3) is 4.05. The summed E-state index contributed by atoms with van der Waals surface area (Å²) in [5.74, 6) is 0.529. The van der Waals surface area contributed by atoms with Crippen LogP contribution in [0.25, 0.3) is 10.2 Å². The maximum atomic E-state index is 12.8. The number of thiazole rings is 1. The monoisotopic (exact) mass is 447 g/mol. The first-order valence-electron chi connectivity index (χ1n) is 9.45. The number of nitrogens with one attached hydrogen (secondary N) is 1. The van der Waals surface area contributed by atoms with E-state index >= 15 is 0 Å². The molecule has 8 nitrogen and oxygen atoms in total. The van der Waals surface area contributed by atoms with Gasteiger partial charge >= 0.3 is 4.87 Å². The van der Waals surface area contributed by atoms with Gasteiger partial charge in [-0.3, -0.25) is 18.9 Å². The van der Waals surface area contributed by atoms with E-state index in [0.29, 0.717) is 21.7 Å². The average molecular weight is 448 g/mol. The highest BCUT2D eigenvalue weighted by Crippen LogP contribution is 2.24. The number of rotatable bonds is 6. The molecule has 1 aliphatic rings. The van der Waals surface area contributed by atoms with Gasteiger partial charge in [0, 0.05) is 18.8 Å². The number of amides is 1. The Morgan fingerprint density at radius 1 is 1.13 bits per heavy atom. The van der Waals surface area contributed by atoms with Crippen molar-refractivity contribution >= 4 is 43.2 Å². The van der Waals surface area contributed by atoms with Crippen molar-refractivity contribution in [1.82, 2.24) is 9.47 Å². The molecule has 0 spiro atoms. The van der Waals surface area contributed by atoms with Gasteiger partial charge < -0.3 is 9.64 Å². The number of nitrogens with zero attached hydrogens (tertiary/aromatic N) is 2. The summed E-state index contributed by atoms with van der Waals surface area (Å²) in [5.41, 5.74) is 0.957. The fraction of sp³-hybridized carbons (Fsp3) is 0.300. The maximum Gasteiger partial charge on any atom is 0.308 e. The van der Waals surface area contributed by atoms with E-state index in [1.165, 1.54) is 23.8 Å². The second-order valence-electron chi connectivity index (χ2n) is 7.01. The van der Waals surface area contributed by atoms with E-state index in [-0.39, 0.29) is 22.2 Å². The van der Waals surface area contributed by atoms with Gasteiger partial charge in [-0.05, 0) is 55.3 Å². The van der Waals surface area contributed by atoms with Crippen molar-refractivity contribution in [2.45, 2.75) is 24.3 Å². The first-order chi connectivity index (χ1) is 14.4. The number of anilines is 1. The predicted molar refractivity (Wildman–Crippen MR) is 116 cm³/mol. The standard InChI is InChI=1S/C20H21N3O5S2/c1-28-15-6-4-14(5-7-15)21-30(26,27)16-8-9-17-18(12-16)29-20(25)23(17)13-19(24)22-10-2-3-11-22/h4-9,12,21H,2-3,10-11,13H2,1H3. The zero-order valence-corrected chi connectivity index (χ0v) is 18.0. The number of sulfonamides is 1. The van der Waals surface area contributed by atoms with Crippen LogP contribution in [0.15, 0.2) is 52.2 Å². The Hall–Kier alpha value is -2.85. The van der Waals surface area contributed by atoms with Crippen LogP contribution in [0.2, 0.25) is 0 Å². The average Bonchev–Trinajstić information content (AvgIpc) is 3.36. The Balaban J connectivity index is 1.59. The van der Waals surface area contributed by atoms with E-state index in [2.05, 4.69) is 4.72 Å². The Labute approximate surface area is 177 Å². The summed E-state index contributed by atoms with van der Waals surface area (Å²) in [6.07, 6.45) is 1.96. The molecule has 0 saturated carbocycles. The van der Waals surface area contributed by atoms with Crippen molar-refractivity contribution in [3.63, 3.8) is 0 Å². The predicted octanol–water partition coefficient (Wildman–Crippen LogP) is 2.49. The van der Waals surface area contributed by atoms with Crippen LogP contribution < -0.4 is 14.3 Å². The summed E-state index contributed by atoms with van der Waals surface area (Å²) in [7, 11) is -2.30. The summed E-state index contributed by atoms with van der Waals surface area (Å²) in [4.78, 5) is 26.4. The Morgan fingerprint density at radius 2 is 1.83 bits per heavy atom. The molecule has 1 amide bonds. The van der Waals surface area contributed by atoms with Crippen LogP contribution in [0.1, 0.15) is 12.8 Å². The molecule has 0 atom stereocenters. The van der Waals surface area contributed by atoms with Crippen molar-refractivity contribution in [1.29, 1.82) is 0 Å². The molecule has 0 aliphatic carbocycles. The first kappa shape index (κ1) is 20.4. The van der Waals surface area contributed by atoms with Gasteiger partial charge in [-0.15, -0.1) is 0 Å². The lowest BCUT2D eigenvalue weighted by Gasteiger charge is -2.15. The molecule has 3 aromatic rings. The minimum absolute atomic E-state index is 0.0327. The molecular formula is C20H21N3O5S2. The van der Waals surface area contributed by atoms with Crippen molar-refractivity contribution < 1.29 is 17.9 Å². The summed E-state index contributed by atoms with van der Waals surface area (Å²) in [6, 6.07) is 11.0. The molecule has 4 rings (SSSR count). The van der Waals surface area contributed by atoms with Gasteiger partial charge in [0.15, 0.2) is 0 Å². The van der Waals surface area contributed by atoms with Gasteiger partial charge in [0.25, 0.3) is 10.0 Å². The Morgan fingerprint density at radius 3 is 2.50 bits per heavy atom. The number of hydrogen-bond acceptors (Lipinski definition) is 6. The van der Waals surface area contributed by atoms with Gasteiger partial charge in [0.05, 0.1) is 22.2 Å². The zero-order chi connectivity index (χ0) is 21.3.